The van der Waals surface area contributed by atoms with Crippen molar-refractivity contribution in [3.63, 3.8) is 0 Å². The van der Waals surface area contributed by atoms with Crippen molar-refractivity contribution < 1.29 is 22.7 Å². The number of hydrogen-bond donors (Lipinski definition) is 2. The van der Waals surface area contributed by atoms with E-state index in [4.69, 9.17) is 16.3 Å². The van der Waals surface area contributed by atoms with Gasteiger partial charge in [-0.2, -0.15) is 0 Å². The minimum absolute atomic E-state index is 0.174. The topological polar surface area (TPSA) is 79.4 Å². The molecule has 1 unspecified atom stereocenters. The number of alkyl halides is 3. The zero-order valence-electron chi connectivity index (χ0n) is 20.9. The van der Waals surface area contributed by atoms with E-state index < -0.39 is 28.0 Å². The van der Waals surface area contributed by atoms with Crippen LogP contribution >= 0.6 is 11.6 Å². The van der Waals surface area contributed by atoms with Gasteiger partial charge in [-0.3, -0.25) is 0 Å². The average molecular weight is 610 g/mol. The summed E-state index contributed by atoms with van der Waals surface area (Å²) in [6.45, 7) is 0.903. The summed E-state index contributed by atoms with van der Waals surface area (Å²) >= 11 is 5.44. The Hall–Kier alpha value is -2.65. The Morgan fingerprint density at radius 1 is 1.18 bits per heavy atom. The van der Waals surface area contributed by atoms with Crippen molar-refractivity contribution in [1.29, 1.82) is 0 Å². The molecule has 202 valence electrons. The molecule has 1 aliphatic heterocycles. The van der Waals surface area contributed by atoms with Crippen LogP contribution in [0.1, 0.15) is 21.5 Å². The molecule has 2 heterocycles. The van der Waals surface area contributed by atoms with Gasteiger partial charge in [-0.05, 0) is 0 Å². The van der Waals surface area contributed by atoms with Crippen LogP contribution < -0.4 is 19.6 Å². The molecule has 0 aliphatic carbocycles. The number of nitrogens with zero attached hydrogens (tertiary/aromatic N) is 3. The summed E-state index contributed by atoms with van der Waals surface area (Å²) in [4.78, 5) is 23.1. The number of rotatable bonds is 8. The summed E-state index contributed by atoms with van der Waals surface area (Å²) in [7, 11) is 2.67. The Balaban J connectivity index is 1.47. The molecule has 2 atom stereocenters. The van der Waals surface area contributed by atoms with Crippen LogP contribution in [-0.4, -0.2) is 82.6 Å². The molecule has 0 saturated heterocycles. The first-order chi connectivity index (χ1) is 18.2. The second-order valence-corrected chi connectivity index (χ2v) is 11.9. The number of hydrogen-bond acceptors (Lipinski definition) is 6. The second-order valence-electron chi connectivity index (χ2n) is 8.81. The first-order valence-corrected chi connectivity index (χ1v) is 14.5. The number of aromatic nitrogens is 2. The number of carbonyl (C=O) groups excluding carboxylic acids is 1. The van der Waals surface area contributed by atoms with Gasteiger partial charge in [0.15, 0.2) is 0 Å². The fraction of sp³-hybridized carbons (Fsp3) is 0.346. The van der Waals surface area contributed by atoms with E-state index in [0.717, 1.165) is 22.6 Å². The SMILES string of the molecule is CNC(=O)c1ccccc1Nc1nc([AsH]c2ccc3c(c2)CCN(C[C@H](OC)C(F)(F)F)CC3)ncc1Cl. The van der Waals surface area contributed by atoms with Gasteiger partial charge in [0.25, 0.3) is 0 Å². The van der Waals surface area contributed by atoms with Gasteiger partial charge in [0.1, 0.15) is 0 Å². The summed E-state index contributed by atoms with van der Waals surface area (Å²) in [5.41, 5.74) is 3.33. The first kappa shape index (κ1) is 28.4. The molecular formula is C26H28AsClF3N5O2. The molecule has 0 spiro atoms. The van der Waals surface area contributed by atoms with Gasteiger partial charge in [-0.1, -0.05) is 0 Å². The predicted octanol–water partition coefficient (Wildman–Crippen LogP) is 2.60. The Morgan fingerprint density at radius 3 is 2.63 bits per heavy atom. The zero-order valence-corrected chi connectivity index (χ0v) is 23.8. The molecule has 4 rings (SSSR count). The zero-order chi connectivity index (χ0) is 27.3. The van der Waals surface area contributed by atoms with Crippen molar-refractivity contribution in [3.8, 4) is 0 Å². The van der Waals surface area contributed by atoms with Gasteiger partial charge in [0, 0.05) is 0 Å². The Kier molecular flexibility index (Phi) is 9.31. The number of carbonyl (C=O) groups is 1. The van der Waals surface area contributed by atoms with E-state index in [2.05, 4.69) is 32.7 Å². The molecule has 3 aromatic rings. The Labute approximate surface area is 230 Å². The number of amides is 1. The van der Waals surface area contributed by atoms with E-state index >= 15 is 0 Å². The van der Waals surface area contributed by atoms with Gasteiger partial charge in [0.05, 0.1) is 0 Å². The van der Waals surface area contributed by atoms with E-state index in [9.17, 15) is 18.0 Å². The molecule has 0 fully saturated rings. The van der Waals surface area contributed by atoms with Crippen molar-refractivity contribution >= 4 is 53.7 Å². The third-order valence-electron chi connectivity index (χ3n) is 6.33. The maximum absolute atomic E-state index is 13.2. The maximum atomic E-state index is 13.2. The number of ether oxygens (including phenoxy) is 1. The van der Waals surface area contributed by atoms with Crippen LogP contribution in [0.3, 0.4) is 0 Å². The molecule has 7 nitrogen and oxygen atoms in total. The predicted molar refractivity (Wildman–Crippen MR) is 144 cm³/mol. The molecule has 2 N–H and O–H groups in total. The summed E-state index contributed by atoms with van der Waals surface area (Å²) < 4.78 is 45.9. The quantitative estimate of drug-likeness (QED) is 0.383. The van der Waals surface area contributed by atoms with E-state index in [1.54, 1.807) is 31.4 Å². The minimum atomic E-state index is -4.39. The normalized spacial score (nSPS) is 15.2. The molecule has 1 aliphatic rings. The number of para-hydroxylation sites is 1. The molecule has 0 radical (unpaired) electrons. The fourth-order valence-corrected chi connectivity index (χ4v) is 6.44. The van der Waals surface area contributed by atoms with E-state index in [1.165, 1.54) is 0 Å². The molecule has 38 heavy (non-hydrogen) atoms. The number of fused-ring (bicyclic) bond motifs is 1. The van der Waals surface area contributed by atoms with Gasteiger partial charge in [-0.25, -0.2) is 0 Å². The third-order valence-corrected chi connectivity index (χ3v) is 8.84. The van der Waals surface area contributed by atoms with Crippen LogP contribution in [0.2, 0.25) is 5.02 Å². The van der Waals surface area contributed by atoms with Gasteiger partial charge in [0.2, 0.25) is 0 Å². The molecule has 1 amide bonds. The number of benzene rings is 2. The number of halogens is 4. The Bertz CT molecular complexity index is 1290. The van der Waals surface area contributed by atoms with Crippen LogP contribution in [-0.2, 0) is 17.6 Å². The van der Waals surface area contributed by atoms with Gasteiger partial charge in [-0.15, -0.1) is 0 Å². The molecule has 0 saturated carbocycles. The van der Waals surface area contributed by atoms with E-state index in [1.807, 2.05) is 17.0 Å². The standard InChI is InChI=1S/C26H28AsClF3N5O2/c1-32-24(37)19-5-3-4-6-21(19)34-23-20(28)14-33-25(35-23)27-18-8-7-16-9-11-36(12-10-17(16)13-18)15-22(38-2)26(29,30)31/h3-8,13-14,22,27H,9-12,15H2,1-2H3,(H,32,37)(H,33,34,35)/t22-/m0/s1. The number of methoxy groups -OCH3 is 1. The summed E-state index contributed by atoms with van der Waals surface area (Å²) in [5.74, 6) is 0.186. The van der Waals surface area contributed by atoms with Crippen LogP contribution in [0.4, 0.5) is 24.7 Å². The fourth-order valence-electron chi connectivity index (χ4n) is 4.27. The van der Waals surface area contributed by atoms with Crippen LogP contribution in [0.5, 0.6) is 0 Å². The number of anilines is 2. The monoisotopic (exact) mass is 609 g/mol. The first-order valence-electron chi connectivity index (χ1n) is 12.0. The van der Waals surface area contributed by atoms with Gasteiger partial charge >= 0.3 is 231 Å². The summed E-state index contributed by atoms with van der Waals surface area (Å²) in [6.07, 6.45) is -3.29. The summed E-state index contributed by atoms with van der Waals surface area (Å²) in [5, 5.41) is 6.11. The Morgan fingerprint density at radius 2 is 1.92 bits per heavy atom. The van der Waals surface area contributed by atoms with Crippen LogP contribution in [0.25, 0.3) is 0 Å². The molecule has 12 heteroatoms. The van der Waals surface area contributed by atoms with Crippen molar-refractivity contribution in [2.24, 2.45) is 0 Å². The van der Waals surface area contributed by atoms with Crippen molar-refractivity contribution in [1.82, 2.24) is 20.2 Å². The molecule has 0 bridgehead atoms. The second kappa shape index (κ2) is 12.5. The molecular weight excluding hydrogens is 582 g/mol. The van der Waals surface area contributed by atoms with Gasteiger partial charge < -0.3 is 0 Å². The van der Waals surface area contributed by atoms with Crippen molar-refractivity contribution in [2.75, 3.05) is 39.1 Å². The number of nitrogens with one attached hydrogen (secondary N) is 2. The average Bonchev–Trinajstić information content (AvgIpc) is 3.10. The summed E-state index contributed by atoms with van der Waals surface area (Å²) in [6, 6.07) is 13.3. The molecule has 1 aromatic heterocycles. The van der Waals surface area contributed by atoms with E-state index in [0.29, 0.717) is 52.6 Å². The van der Waals surface area contributed by atoms with Crippen molar-refractivity contribution in [3.05, 3.63) is 70.4 Å². The third kappa shape index (κ3) is 7.05. The van der Waals surface area contributed by atoms with Crippen molar-refractivity contribution in [2.45, 2.75) is 25.1 Å². The van der Waals surface area contributed by atoms with E-state index in [-0.39, 0.29) is 12.5 Å². The van der Waals surface area contributed by atoms with Crippen LogP contribution in [0, 0.1) is 0 Å². The van der Waals surface area contributed by atoms with Crippen LogP contribution in [0.15, 0.2) is 48.7 Å². The molecule has 2 aromatic carbocycles.